The van der Waals surface area contributed by atoms with E-state index < -0.39 is 0 Å². The van der Waals surface area contributed by atoms with Crippen molar-refractivity contribution in [3.05, 3.63) is 100 Å². The Kier molecular flexibility index (Phi) is 6.61. The lowest BCUT2D eigenvalue weighted by molar-refractivity contribution is 0.313. The van der Waals surface area contributed by atoms with E-state index in [-0.39, 0.29) is 17.9 Å². The largest absolute Gasteiger partial charge is 0.369 e. The molecule has 192 valence electrons. The van der Waals surface area contributed by atoms with Gasteiger partial charge in [0.2, 0.25) is 5.95 Å². The number of thiophene rings is 1. The molecule has 4 heterocycles. The fourth-order valence-electron chi connectivity index (χ4n) is 4.77. The molecule has 6 rings (SSSR count). The maximum absolute atomic E-state index is 15.1. The molecule has 0 aliphatic carbocycles. The molecular weight excluding hydrogens is 499 g/mol. The van der Waals surface area contributed by atoms with Gasteiger partial charge in [0.05, 0.1) is 6.54 Å². The third-order valence-corrected chi connectivity index (χ3v) is 7.84. The molecule has 1 aliphatic heterocycles. The Balaban J connectivity index is 1.30. The number of benzene rings is 2. The Labute approximate surface area is 223 Å². The first-order valence-electron chi connectivity index (χ1n) is 12.5. The first-order chi connectivity index (χ1) is 18.5. The number of nitrogens with one attached hydrogen (secondary N) is 1. The number of rotatable bonds is 6. The second-order valence-electron chi connectivity index (χ2n) is 9.44. The fraction of sp³-hybridized carbons (Fsp3) is 0.207. The fourth-order valence-corrected chi connectivity index (χ4v) is 5.55. The van der Waals surface area contributed by atoms with Gasteiger partial charge in [-0.2, -0.15) is 4.98 Å². The molecule has 1 N–H and O–H groups in total. The minimum atomic E-state index is -0.354. The summed E-state index contributed by atoms with van der Waals surface area (Å²) in [5.74, 6) is 0.0175. The van der Waals surface area contributed by atoms with Gasteiger partial charge in [-0.25, -0.2) is 9.37 Å². The van der Waals surface area contributed by atoms with Crippen molar-refractivity contribution in [1.29, 1.82) is 0 Å². The molecule has 1 aliphatic rings. The molecule has 0 radical (unpaired) electrons. The Bertz CT molecular complexity index is 1630. The first-order valence-corrected chi connectivity index (χ1v) is 13.4. The molecule has 5 aromatic rings. The number of aromatic nitrogens is 3. The van der Waals surface area contributed by atoms with Gasteiger partial charge >= 0.3 is 0 Å². The second kappa shape index (κ2) is 10.4. The van der Waals surface area contributed by atoms with Crippen molar-refractivity contribution >= 4 is 39.7 Å². The lowest BCUT2D eigenvalue weighted by atomic mass is 10.0. The van der Waals surface area contributed by atoms with Crippen LogP contribution in [-0.2, 0) is 6.54 Å². The summed E-state index contributed by atoms with van der Waals surface area (Å²) >= 11 is 1.54. The van der Waals surface area contributed by atoms with Crippen molar-refractivity contribution in [2.75, 3.05) is 43.4 Å². The van der Waals surface area contributed by atoms with Crippen molar-refractivity contribution in [2.24, 2.45) is 0 Å². The highest BCUT2D eigenvalue weighted by Crippen LogP contribution is 2.30. The van der Waals surface area contributed by atoms with Gasteiger partial charge in [-0.3, -0.25) is 9.36 Å². The van der Waals surface area contributed by atoms with E-state index in [1.807, 2.05) is 35.7 Å². The Hall–Kier alpha value is -4.08. The quantitative estimate of drug-likeness (QED) is 0.328. The first kappa shape index (κ1) is 24.3. The summed E-state index contributed by atoms with van der Waals surface area (Å²) in [6.07, 6.45) is 1.68. The van der Waals surface area contributed by atoms with Crippen LogP contribution < -0.4 is 15.8 Å². The van der Waals surface area contributed by atoms with E-state index >= 15 is 4.39 Å². The third-order valence-electron chi connectivity index (χ3n) is 6.94. The van der Waals surface area contributed by atoms with Crippen LogP contribution in [0.3, 0.4) is 0 Å². The van der Waals surface area contributed by atoms with Crippen LogP contribution in [0.1, 0.15) is 5.56 Å². The lowest BCUT2D eigenvalue weighted by Gasteiger charge is -2.34. The summed E-state index contributed by atoms with van der Waals surface area (Å²) in [5, 5.41) is 5.91. The Morgan fingerprint density at radius 3 is 2.55 bits per heavy atom. The number of nitrogens with zero attached hydrogens (tertiary/aromatic N) is 5. The van der Waals surface area contributed by atoms with E-state index in [0.29, 0.717) is 22.5 Å². The topological polar surface area (TPSA) is 66.3 Å². The summed E-state index contributed by atoms with van der Waals surface area (Å²) < 4.78 is 16.6. The zero-order chi connectivity index (χ0) is 26.1. The zero-order valence-corrected chi connectivity index (χ0v) is 21.8. The molecule has 0 saturated carbocycles. The molecule has 1 saturated heterocycles. The van der Waals surface area contributed by atoms with Gasteiger partial charge < -0.3 is 15.1 Å². The summed E-state index contributed by atoms with van der Waals surface area (Å²) in [6, 6.07) is 20.3. The van der Waals surface area contributed by atoms with Crippen LogP contribution in [0.2, 0.25) is 0 Å². The van der Waals surface area contributed by atoms with Gasteiger partial charge in [0, 0.05) is 65.6 Å². The van der Waals surface area contributed by atoms with Crippen molar-refractivity contribution in [3.63, 3.8) is 0 Å². The molecule has 0 unspecified atom stereocenters. The minimum absolute atomic E-state index is 0.0618. The summed E-state index contributed by atoms with van der Waals surface area (Å²) in [7, 11) is 2.15. The predicted octanol–water partition coefficient (Wildman–Crippen LogP) is 5.20. The van der Waals surface area contributed by atoms with E-state index in [2.05, 4.69) is 44.3 Å². The lowest BCUT2D eigenvalue weighted by Crippen LogP contribution is -2.44. The van der Waals surface area contributed by atoms with E-state index in [4.69, 9.17) is 0 Å². The van der Waals surface area contributed by atoms with Gasteiger partial charge in [0.15, 0.2) is 0 Å². The molecule has 38 heavy (non-hydrogen) atoms. The van der Waals surface area contributed by atoms with Crippen LogP contribution in [0.4, 0.5) is 21.7 Å². The molecule has 9 heteroatoms. The summed E-state index contributed by atoms with van der Waals surface area (Å²) in [5.41, 5.74) is 3.46. The third kappa shape index (κ3) is 4.90. The number of likely N-dealkylation sites (N-methyl/N-ethyl adjacent to an activating group) is 1. The van der Waals surface area contributed by atoms with Crippen molar-refractivity contribution in [3.8, 4) is 10.4 Å². The van der Waals surface area contributed by atoms with E-state index in [9.17, 15) is 4.79 Å². The number of piperazine rings is 1. The van der Waals surface area contributed by atoms with Crippen molar-refractivity contribution in [2.45, 2.75) is 6.54 Å². The van der Waals surface area contributed by atoms with Crippen LogP contribution in [0.15, 0.2) is 83.1 Å². The molecule has 2 aromatic carbocycles. The SMILES string of the molecule is CN1CCN(c2ccc(Nc3ncc4ccc(=O)n(Cc5c(F)cccc5-c5cccs5)c4n3)cc2)CC1. The smallest absolute Gasteiger partial charge is 0.252 e. The van der Waals surface area contributed by atoms with Gasteiger partial charge in [0.25, 0.3) is 5.56 Å². The monoisotopic (exact) mass is 526 g/mol. The van der Waals surface area contributed by atoms with E-state index in [0.717, 1.165) is 42.3 Å². The van der Waals surface area contributed by atoms with Crippen molar-refractivity contribution in [1.82, 2.24) is 19.4 Å². The predicted molar refractivity (Wildman–Crippen MR) is 152 cm³/mol. The van der Waals surface area contributed by atoms with Gasteiger partial charge in [-0.15, -0.1) is 11.3 Å². The highest BCUT2D eigenvalue weighted by atomic mass is 32.1. The molecule has 0 bridgehead atoms. The Morgan fingerprint density at radius 2 is 1.79 bits per heavy atom. The number of pyridine rings is 1. The van der Waals surface area contributed by atoms with Gasteiger partial charge in [-0.1, -0.05) is 18.2 Å². The van der Waals surface area contributed by atoms with Crippen LogP contribution >= 0.6 is 11.3 Å². The molecule has 7 nitrogen and oxygen atoms in total. The number of hydrogen-bond acceptors (Lipinski definition) is 7. The van der Waals surface area contributed by atoms with Crippen LogP contribution in [0, 0.1) is 5.82 Å². The van der Waals surface area contributed by atoms with Crippen LogP contribution in [0.5, 0.6) is 0 Å². The van der Waals surface area contributed by atoms with Crippen LogP contribution in [0.25, 0.3) is 21.5 Å². The van der Waals surface area contributed by atoms with Crippen LogP contribution in [-0.4, -0.2) is 52.7 Å². The molecule has 3 aromatic heterocycles. The number of fused-ring (bicyclic) bond motifs is 1. The number of anilines is 3. The van der Waals surface area contributed by atoms with Gasteiger partial charge in [-0.05, 0) is 60.5 Å². The number of halogens is 1. The van der Waals surface area contributed by atoms with Crippen molar-refractivity contribution < 1.29 is 4.39 Å². The minimum Gasteiger partial charge on any atom is -0.369 e. The zero-order valence-electron chi connectivity index (χ0n) is 21.0. The molecule has 0 spiro atoms. The molecule has 0 atom stereocenters. The second-order valence-corrected chi connectivity index (χ2v) is 10.4. The maximum atomic E-state index is 15.1. The average Bonchev–Trinajstić information content (AvgIpc) is 3.47. The van der Waals surface area contributed by atoms with E-state index in [1.165, 1.54) is 33.7 Å². The summed E-state index contributed by atoms with van der Waals surface area (Å²) in [6.45, 7) is 4.17. The highest BCUT2D eigenvalue weighted by Gasteiger charge is 2.16. The number of hydrogen-bond donors (Lipinski definition) is 1. The average molecular weight is 527 g/mol. The standard InChI is InChI=1S/C29H27FN6OS/c1-34-13-15-35(16-14-34)22-10-8-21(9-11-22)32-29-31-18-20-7-12-27(37)36(28(20)33-29)19-24-23(4-2-5-25(24)30)26-6-3-17-38-26/h2-12,17-18H,13-16,19H2,1H3,(H,31,32,33). The summed E-state index contributed by atoms with van der Waals surface area (Å²) in [4.78, 5) is 27.8. The highest BCUT2D eigenvalue weighted by molar-refractivity contribution is 7.13. The molecular formula is C29H27FN6OS. The molecule has 0 amide bonds. The molecule has 1 fully saturated rings. The maximum Gasteiger partial charge on any atom is 0.252 e. The normalized spacial score (nSPS) is 14.2. The Morgan fingerprint density at radius 1 is 0.974 bits per heavy atom. The van der Waals surface area contributed by atoms with Gasteiger partial charge in [0.1, 0.15) is 11.5 Å². The van der Waals surface area contributed by atoms with E-state index in [1.54, 1.807) is 18.3 Å².